The van der Waals surface area contributed by atoms with Crippen molar-refractivity contribution in [3.8, 4) is 11.1 Å². The van der Waals surface area contributed by atoms with Gasteiger partial charge in [0.2, 0.25) is 0 Å². The van der Waals surface area contributed by atoms with Crippen LogP contribution in [0.15, 0.2) is 95.9 Å². The van der Waals surface area contributed by atoms with E-state index in [1.165, 1.54) is 4.88 Å². The smallest absolute Gasteiger partial charge is 0.409 e. The second-order valence-corrected chi connectivity index (χ2v) is 17.5. The zero-order chi connectivity index (χ0) is 35.6. The molecule has 2 N–H and O–H groups in total. The van der Waals surface area contributed by atoms with Crippen LogP contribution in [-0.2, 0) is 11.2 Å². The number of ketones is 1. The minimum Gasteiger partial charge on any atom is -0.450 e. The summed E-state index contributed by atoms with van der Waals surface area (Å²) in [6.45, 7) is 7.41. The fraction of sp³-hybridized carbons (Fsp3) is 0.500. The molecule has 51 heavy (non-hydrogen) atoms. The molecule has 6 aliphatic rings. The molecule has 1 aromatic heterocycles. The van der Waals surface area contributed by atoms with Gasteiger partial charge in [-0.25, -0.2) is 4.79 Å². The van der Waals surface area contributed by atoms with Crippen molar-refractivity contribution < 1.29 is 24.5 Å². The van der Waals surface area contributed by atoms with Crippen LogP contribution in [0.2, 0.25) is 0 Å². The van der Waals surface area contributed by atoms with E-state index < -0.39 is 27.9 Å². The first-order chi connectivity index (χ1) is 24.5. The van der Waals surface area contributed by atoms with Gasteiger partial charge < -0.3 is 19.8 Å². The molecule has 9 rings (SSSR count). The van der Waals surface area contributed by atoms with Crippen molar-refractivity contribution in [2.24, 2.45) is 33.5 Å². The van der Waals surface area contributed by atoms with Crippen LogP contribution in [0.25, 0.3) is 11.1 Å². The largest absolute Gasteiger partial charge is 0.450 e. The van der Waals surface area contributed by atoms with Crippen LogP contribution in [0.1, 0.15) is 81.0 Å². The molecule has 2 spiro atoms. The van der Waals surface area contributed by atoms with Gasteiger partial charge in [0.05, 0.1) is 24.9 Å². The topological polar surface area (TPSA) is 87.1 Å². The van der Waals surface area contributed by atoms with E-state index in [4.69, 9.17) is 4.74 Å². The highest BCUT2D eigenvalue weighted by atomic mass is 32.1. The SMILES string of the molecule is CCOC(=O)N(CCc1cccs1)CC1(O)CCC2C34C=CC5(C=C3C(=O)c3ccccc3-c3ccccc3)CC(O)CCC5(C)C4CCC21C. The van der Waals surface area contributed by atoms with E-state index in [2.05, 4.69) is 50.3 Å². The lowest BCUT2D eigenvalue weighted by Crippen LogP contribution is -2.67. The molecule has 8 atom stereocenters. The van der Waals surface area contributed by atoms with Crippen LogP contribution in [0, 0.1) is 33.5 Å². The van der Waals surface area contributed by atoms with Crippen LogP contribution in [-0.4, -0.2) is 58.4 Å². The number of carbonyl (C=O) groups is 2. The summed E-state index contributed by atoms with van der Waals surface area (Å²) in [7, 11) is 0. The fourth-order valence-corrected chi connectivity index (χ4v) is 12.5. The summed E-state index contributed by atoms with van der Waals surface area (Å²) in [6, 6.07) is 22.2. The van der Waals surface area contributed by atoms with E-state index >= 15 is 4.79 Å². The minimum atomic E-state index is -1.15. The average molecular weight is 706 g/mol. The quantitative estimate of drug-likeness (QED) is 0.172. The number of Topliss-reactive ketones (excluding diaryl/α,β-unsaturated/α-hetero) is 1. The zero-order valence-electron chi connectivity index (χ0n) is 30.1. The van der Waals surface area contributed by atoms with Crippen LogP contribution in [0.4, 0.5) is 4.79 Å². The maximum absolute atomic E-state index is 15.4. The van der Waals surface area contributed by atoms with E-state index in [0.717, 1.165) is 48.8 Å². The maximum Gasteiger partial charge on any atom is 0.409 e. The number of thiophene rings is 1. The number of aliphatic hydroxyl groups excluding tert-OH is 1. The molecule has 1 amide bonds. The third kappa shape index (κ3) is 5.08. The van der Waals surface area contributed by atoms with Gasteiger partial charge in [-0.2, -0.15) is 0 Å². The summed E-state index contributed by atoms with van der Waals surface area (Å²) in [5, 5.41) is 26.1. The van der Waals surface area contributed by atoms with E-state index in [1.807, 2.05) is 60.8 Å². The Bertz CT molecular complexity index is 1870. The molecule has 6 nitrogen and oxygen atoms in total. The van der Waals surface area contributed by atoms with Crippen molar-refractivity contribution >= 4 is 23.2 Å². The summed E-state index contributed by atoms with van der Waals surface area (Å²) >= 11 is 1.67. The summed E-state index contributed by atoms with van der Waals surface area (Å²) in [4.78, 5) is 31.7. The molecular weight excluding hydrogens is 655 g/mol. The molecule has 3 fully saturated rings. The van der Waals surface area contributed by atoms with Crippen LogP contribution in [0.5, 0.6) is 0 Å². The highest BCUT2D eigenvalue weighted by Crippen LogP contribution is 2.78. The monoisotopic (exact) mass is 705 g/mol. The Morgan fingerprint density at radius 1 is 0.902 bits per heavy atom. The summed E-state index contributed by atoms with van der Waals surface area (Å²) in [6.07, 6.45) is 12.2. The van der Waals surface area contributed by atoms with Gasteiger partial charge in [-0.15, -0.1) is 11.3 Å². The molecule has 0 saturated heterocycles. The van der Waals surface area contributed by atoms with Crippen molar-refractivity contribution in [3.05, 3.63) is 106 Å². The molecule has 7 heteroatoms. The molecule has 8 unspecified atom stereocenters. The number of hydrogen-bond donors (Lipinski definition) is 2. The van der Waals surface area contributed by atoms with E-state index in [9.17, 15) is 15.0 Å². The zero-order valence-corrected chi connectivity index (χ0v) is 31.0. The number of rotatable bonds is 9. The number of amides is 1. The maximum atomic E-state index is 15.4. The number of carbonyl (C=O) groups excluding carboxylic acids is 2. The number of aliphatic hydroxyl groups is 2. The first kappa shape index (κ1) is 34.6. The second-order valence-electron chi connectivity index (χ2n) is 16.5. The Kier molecular flexibility index (Phi) is 8.51. The molecular formula is C44H51NO5S. The van der Waals surface area contributed by atoms with Crippen molar-refractivity contribution in [1.82, 2.24) is 4.90 Å². The molecule has 2 aromatic carbocycles. The highest BCUT2D eigenvalue weighted by Gasteiger charge is 2.74. The predicted octanol–water partition coefficient (Wildman–Crippen LogP) is 8.89. The molecule has 268 valence electrons. The third-order valence-electron chi connectivity index (χ3n) is 14.4. The molecule has 2 bridgehead atoms. The van der Waals surface area contributed by atoms with Crippen molar-refractivity contribution in [3.63, 3.8) is 0 Å². The number of ether oxygens (including phenoxy) is 1. The Morgan fingerprint density at radius 3 is 2.39 bits per heavy atom. The Hall–Kier alpha value is -3.52. The summed E-state index contributed by atoms with van der Waals surface area (Å²) < 4.78 is 5.55. The number of allylic oxidation sites excluding steroid dienone is 4. The van der Waals surface area contributed by atoms with Gasteiger partial charge in [-0.05, 0) is 98.1 Å². The highest BCUT2D eigenvalue weighted by molar-refractivity contribution is 7.09. The van der Waals surface area contributed by atoms with Gasteiger partial charge >= 0.3 is 6.09 Å². The van der Waals surface area contributed by atoms with Gasteiger partial charge in [-0.3, -0.25) is 4.79 Å². The van der Waals surface area contributed by atoms with Crippen molar-refractivity contribution in [2.45, 2.75) is 83.8 Å². The number of nitrogens with zero attached hydrogens (tertiary/aromatic N) is 1. The van der Waals surface area contributed by atoms with E-state index in [1.54, 1.807) is 16.2 Å². The van der Waals surface area contributed by atoms with Crippen LogP contribution >= 0.6 is 11.3 Å². The van der Waals surface area contributed by atoms with Gasteiger partial charge in [0.15, 0.2) is 5.78 Å². The Balaban J connectivity index is 1.22. The lowest BCUT2D eigenvalue weighted by molar-refractivity contribution is -0.175. The lowest BCUT2D eigenvalue weighted by atomic mass is 9.32. The first-order valence-corrected chi connectivity index (χ1v) is 19.9. The normalized spacial score (nSPS) is 36.1. The van der Waals surface area contributed by atoms with Crippen LogP contribution < -0.4 is 0 Å². The van der Waals surface area contributed by atoms with Gasteiger partial charge in [-0.1, -0.05) is 92.7 Å². The first-order valence-electron chi connectivity index (χ1n) is 19.0. The Morgan fingerprint density at radius 2 is 1.63 bits per heavy atom. The molecule has 3 saturated carbocycles. The van der Waals surface area contributed by atoms with E-state index in [-0.39, 0.29) is 42.3 Å². The number of benzene rings is 2. The lowest BCUT2D eigenvalue weighted by Gasteiger charge is -2.71. The summed E-state index contributed by atoms with van der Waals surface area (Å²) in [5.74, 6) is 0.234. The minimum absolute atomic E-state index is 0.00703. The summed E-state index contributed by atoms with van der Waals surface area (Å²) in [5.41, 5.74) is 0.645. The third-order valence-corrected chi connectivity index (χ3v) is 15.3. The van der Waals surface area contributed by atoms with Gasteiger partial charge in [0.1, 0.15) is 0 Å². The molecule has 3 aromatic rings. The van der Waals surface area contributed by atoms with Crippen molar-refractivity contribution in [2.75, 3.05) is 19.7 Å². The standard InChI is InChI=1S/C44H51NO5S/c1-4-50-39(48)45(25-19-32-13-10-26-51-32)29-43(49)22-18-37-41(43,3)21-17-36-40(2)20-16-31(46)27-42(40)23-24-44(36,37)35(28-42)38(47)34-15-9-8-14-33(34)30-11-6-5-7-12-30/h5-15,23-24,26,28,31,36-37,46,49H,4,16-22,25,27,29H2,1-3H3. The molecule has 6 aliphatic carbocycles. The molecule has 1 heterocycles. The van der Waals surface area contributed by atoms with Gasteiger partial charge in [0.25, 0.3) is 0 Å². The number of fused-ring (bicyclic) bond motifs is 1. The average Bonchev–Trinajstić information content (AvgIpc) is 3.75. The molecule has 0 aliphatic heterocycles. The predicted molar refractivity (Wildman–Crippen MR) is 201 cm³/mol. The van der Waals surface area contributed by atoms with Gasteiger partial charge in [0, 0.05) is 38.8 Å². The van der Waals surface area contributed by atoms with Crippen LogP contribution in [0.3, 0.4) is 0 Å². The second kappa shape index (κ2) is 12.6. The van der Waals surface area contributed by atoms with E-state index in [0.29, 0.717) is 31.4 Å². The Labute approximate surface area is 306 Å². The number of hydrogen-bond acceptors (Lipinski definition) is 6. The fourth-order valence-electron chi connectivity index (χ4n) is 11.8. The van der Waals surface area contributed by atoms with Crippen molar-refractivity contribution in [1.29, 1.82) is 0 Å². The molecule has 0 radical (unpaired) electrons.